The highest BCUT2D eigenvalue weighted by Crippen LogP contribution is 2.21. The van der Waals surface area contributed by atoms with Gasteiger partial charge in [-0.05, 0) is 40.2 Å². The third-order valence-electron chi connectivity index (χ3n) is 2.07. The van der Waals surface area contributed by atoms with Crippen molar-refractivity contribution in [3.8, 4) is 0 Å². The summed E-state index contributed by atoms with van der Waals surface area (Å²) in [6.45, 7) is 0. The molecule has 0 fully saturated rings. The van der Waals surface area contributed by atoms with E-state index in [1.54, 1.807) is 18.3 Å². The fourth-order valence-electron chi connectivity index (χ4n) is 1.26. The molecule has 0 aromatic carbocycles. The van der Waals surface area contributed by atoms with Gasteiger partial charge >= 0.3 is 0 Å². The number of amides is 1. The van der Waals surface area contributed by atoms with Crippen LogP contribution in [0, 0.1) is 0 Å². The molecule has 0 atom stereocenters. The fourth-order valence-corrected chi connectivity index (χ4v) is 1.81. The highest BCUT2D eigenvalue weighted by atomic mass is 79.9. The van der Waals surface area contributed by atoms with Gasteiger partial charge in [0.2, 0.25) is 0 Å². The summed E-state index contributed by atoms with van der Waals surface area (Å²) >= 11 is 9.16. The first kappa shape index (κ1) is 12.8. The zero-order valence-electron chi connectivity index (χ0n) is 9.02. The maximum atomic E-state index is 12.0. The van der Waals surface area contributed by atoms with E-state index in [-0.39, 0.29) is 16.5 Å². The predicted octanol–water partition coefficient (Wildman–Crippen LogP) is 2.73. The fraction of sp³-hybridized carbons (Fsp3) is 0. The van der Waals surface area contributed by atoms with E-state index < -0.39 is 5.91 Å². The largest absolute Gasteiger partial charge is 0.384 e. The van der Waals surface area contributed by atoms with E-state index in [4.69, 9.17) is 17.3 Å². The van der Waals surface area contributed by atoms with Crippen LogP contribution in [-0.4, -0.2) is 15.9 Å². The van der Waals surface area contributed by atoms with E-state index in [1.807, 2.05) is 0 Å². The number of carbonyl (C=O) groups is 1. The summed E-state index contributed by atoms with van der Waals surface area (Å²) in [6, 6.07) is 6.55. The molecule has 2 rings (SSSR count). The van der Waals surface area contributed by atoms with Crippen LogP contribution >= 0.6 is 27.5 Å². The minimum atomic E-state index is -0.466. The average molecular weight is 328 g/mol. The summed E-state index contributed by atoms with van der Waals surface area (Å²) in [6.07, 6.45) is 1.56. The number of nitrogen functional groups attached to an aromatic ring is 1. The van der Waals surface area contributed by atoms with Gasteiger partial charge < -0.3 is 11.1 Å². The maximum absolute atomic E-state index is 12.0. The first-order chi connectivity index (χ1) is 8.58. The first-order valence-electron chi connectivity index (χ1n) is 4.92. The van der Waals surface area contributed by atoms with Gasteiger partial charge in [0.15, 0.2) is 0 Å². The van der Waals surface area contributed by atoms with E-state index in [9.17, 15) is 4.79 Å². The normalized spacial score (nSPS) is 10.1. The second-order valence-corrected chi connectivity index (χ2v) is 4.62. The Kier molecular flexibility index (Phi) is 3.78. The molecule has 5 nitrogen and oxygen atoms in total. The quantitative estimate of drug-likeness (QED) is 0.888. The molecule has 18 heavy (non-hydrogen) atoms. The van der Waals surface area contributed by atoms with Crippen molar-refractivity contribution in [3.05, 3.63) is 45.7 Å². The number of nitrogens with one attached hydrogen (secondary N) is 1. The van der Waals surface area contributed by atoms with Crippen LogP contribution in [0.3, 0.4) is 0 Å². The van der Waals surface area contributed by atoms with Crippen molar-refractivity contribution >= 4 is 45.1 Å². The molecule has 0 unspecified atom stereocenters. The van der Waals surface area contributed by atoms with Crippen molar-refractivity contribution in [2.45, 2.75) is 0 Å². The van der Waals surface area contributed by atoms with Gasteiger partial charge in [-0.3, -0.25) is 4.79 Å². The van der Waals surface area contributed by atoms with Crippen LogP contribution in [0.5, 0.6) is 0 Å². The minimum absolute atomic E-state index is 0.0641. The number of anilines is 2. The number of rotatable bonds is 2. The Morgan fingerprint density at radius 3 is 2.89 bits per heavy atom. The van der Waals surface area contributed by atoms with Crippen molar-refractivity contribution < 1.29 is 4.79 Å². The standard InChI is InChI=1S/C11H8BrClN4O/c12-6-2-1-5-15-10(6)17-11(18)9-7(13)3-4-8(14)16-9/h1-5H,(H2,14,16)(H,15,17,18). The van der Waals surface area contributed by atoms with Crippen molar-refractivity contribution in [3.63, 3.8) is 0 Å². The molecule has 0 bridgehead atoms. The van der Waals surface area contributed by atoms with Crippen molar-refractivity contribution in [1.82, 2.24) is 9.97 Å². The lowest BCUT2D eigenvalue weighted by Crippen LogP contribution is -2.16. The van der Waals surface area contributed by atoms with Crippen LogP contribution in [0.4, 0.5) is 11.6 Å². The Bertz CT molecular complexity index is 605. The van der Waals surface area contributed by atoms with Crippen LogP contribution in [0.1, 0.15) is 10.5 Å². The smallest absolute Gasteiger partial charge is 0.277 e. The maximum Gasteiger partial charge on any atom is 0.277 e. The molecule has 0 spiro atoms. The zero-order valence-corrected chi connectivity index (χ0v) is 11.4. The third-order valence-corrected chi connectivity index (χ3v) is 3.02. The van der Waals surface area contributed by atoms with Crippen molar-refractivity contribution in [2.75, 3.05) is 11.1 Å². The molecular weight excluding hydrogens is 320 g/mol. The lowest BCUT2D eigenvalue weighted by Gasteiger charge is -2.07. The molecule has 2 aromatic heterocycles. The summed E-state index contributed by atoms with van der Waals surface area (Å²) in [7, 11) is 0. The summed E-state index contributed by atoms with van der Waals surface area (Å²) in [5.74, 6) is 0.152. The number of hydrogen-bond acceptors (Lipinski definition) is 4. The van der Waals surface area contributed by atoms with E-state index in [2.05, 4.69) is 31.2 Å². The first-order valence-corrected chi connectivity index (χ1v) is 6.09. The third kappa shape index (κ3) is 2.77. The SMILES string of the molecule is Nc1ccc(Cl)c(C(=O)Nc2ncccc2Br)n1. The van der Waals surface area contributed by atoms with Crippen LogP contribution in [0.15, 0.2) is 34.9 Å². The van der Waals surface area contributed by atoms with Crippen LogP contribution in [-0.2, 0) is 0 Å². The Morgan fingerprint density at radius 1 is 1.39 bits per heavy atom. The van der Waals surface area contributed by atoms with Crippen molar-refractivity contribution in [1.29, 1.82) is 0 Å². The Balaban J connectivity index is 2.28. The molecule has 0 saturated carbocycles. The van der Waals surface area contributed by atoms with Gasteiger partial charge in [-0.25, -0.2) is 9.97 Å². The highest BCUT2D eigenvalue weighted by molar-refractivity contribution is 9.10. The zero-order chi connectivity index (χ0) is 13.1. The van der Waals surface area contributed by atoms with Crippen molar-refractivity contribution in [2.24, 2.45) is 0 Å². The second kappa shape index (κ2) is 5.32. The number of halogens is 2. The average Bonchev–Trinajstić information content (AvgIpc) is 2.35. The number of aromatic nitrogens is 2. The lowest BCUT2D eigenvalue weighted by molar-refractivity contribution is 0.102. The molecule has 0 aliphatic carbocycles. The number of hydrogen-bond donors (Lipinski definition) is 2. The summed E-state index contributed by atoms with van der Waals surface area (Å²) in [5, 5.41) is 2.83. The molecule has 0 aliphatic heterocycles. The molecule has 0 radical (unpaired) electrons. The van der Waals surface area contributed by atoms with Gasteiger partial charge in [0.25, 0.3) is 5.91 Å². The van der Waals surface area contributed by atoms with Gasteiger partial charge in [0.05, 0.1) is 9.50 Å². The predicted molar refractivity (Wildman–Crippen MR) is 73.5 cm³/mol. The second-order valence-electron chi connectivity index (χ2n) is 3.35. The van der Waals surface area contributed by atoms with Crippen LogP contribution < -0.4 is 11.1 Å². The van der Waals surface area contributed by atoms with Gasteiger partial charge in [-0.15, -0.1) is 0 Å². The van der Waals surface area contributed by atoms with E-state index in [0.29, 0.717) is 10.3 Å². The lowest BCUT2D eigenvalue weighted by atomic mass is 10.3. The molecule has 0 aliphatic rings. The number of pyridine rings is 2. The molecule has 3 N–H and O–H groups in total. The van der Waals surface area contributed by atoms with Gasteiger partial charge in [0, 0.05) is 6.20 Å². The molecule has 1 amide bonds. The van der Waals surface area contributed by atoms with Crippen LogP contribution in [0.2, 0.25) is 5.02 Å². The van der Waals surface area contributed by atoms with E-state index in [1.165, 1.54) is 12.1 Å². The van der Waals surface area contributed by atoms with Gasteiger partial charge in [-0.1, -0.05) is 11.6 Å². The highest BCUT2D eigenvalue weighted by Gasteiger charge is 2.14. The molecule has 0 saturated heterocycles. The summed E-state index contributed by atoms with van der Waals surface area (Å²) < 4.78 is 0.665. The topological polar surface area (TPSA) is 80.9 Å². The molecule has 7 heteroatoms. The molecular formula is C11H8BrClN4O. The molecule has 2 heterocycles. The van der Waals surface area contributed by atoms with Gasteiger partial charge in [-0.2, -0.15) is 0 Å². The number of nitrogens with two attached hydrogens (primary N) is 1. The molecule has 92 valence electrons. The number of carbonyl (C=O) groups excluding carboxylic acids is 1. The van der Waals surface area contributed by atoms with Gasteiger partial charge in [0.1, 0.15) is 17.3 Å². The summed E-state index contributed by atoms with van der Waals surface area (Å²) in [4.78, 5) is 19.9. The van der Waals surface area contributed by atoms with E-state index in [0.717, 1.165) is 0 Å². The minimum Gasteiger partial charge on any atom is -0.384 e. The molecule has 2 aromatic rings. The van der Waals surface area contributed by atoms with E-state index >= 15 is 0 Å². The summed E-state index contributed by atoms with van der Waals surface area (Å²) in [5.41, 5.74) is 5.58. The van der Waals surface area contributed by atoms with Crippen LogP contribution in [0.25, 0.3) is 0 Å². The Hall–Kier alpha value is -1.66. The monoisotopic (exact) mass is 326 g/mol. The Morgan fingerprint density at radius 2 is 2.17 bits per heavy atom. The number of nitrogens with zero attached hydrogens (tertiary/aromatic N) is 2. The Labute approximate surface area is 117 Å².